The molecule has 106 valence electrons. The van der Waals surface area contributed by atoms with Gasteiger partial charge in [0.05, 0.1) is 14.7 Å². The van der Waals surface area contributed by atoms with Gasteiger partial charge in [0, 0.05) is 0 Å². The summed E-state index contributed by atoms with van der Waals surface area (Å²) in [6, 6.07) is 10.3. The largest absolute Gasteiger partial charge is 0.345 e. The summed E-state index contributed by atoms with van der Waals surface area (Å²) in [5, 5.41) is 3.11. The van der Waals surface area contributed by atoms with Gasteiger partial charge in [0.1, 0.15) is 0 Å². The van der Waals surface area contributed by atoms with Gasteiger partial charge >= 0.3 is 0 Å². The molecule has 0 saturated heterocycles. The van der Waals surface area contributed by atoms with E-state index < -0.39 is 0 Å². The predicted molar refractivity (Wildman–Crippen MR) is 88.4 cm³/mol. The Kier molecular flexibility index (Phi) is 5.00. The van der Waals surface area contributed by atoms with Crippen LogP contribution in [-0.4, -0.2) is 5.91 Å². The molecule has 2 nitrogen and oxygen atoms in total. The molecule has 4 heteroatoms. The molecule has 0 aliphatic carbocycles. The van der Waals surface area contributed by atoms with Crippen LogP contribution >= 0.6 is 27.3 Å². The average molecular weight is 352 g/mol. The Morgan fingerprint density at radius 3 is 2.45 bits per heavy atom. The molecule has 1 amide bonds. The van der Waals surface area contributed by atoms with Gasteiger partial charge in [-0.05, 0) is 53.4 Å². The molecule has 1 unspecified atom stereocenters. The van der Waals surface area contributed by atoms with Gasteiger partial charge in [0.2, 0.25) is 0 Å². The van der Waals surface area contributed by atoms with Crippen LogP contribution in [0.5, 0.6) is 0 Å². The van der Waals surface area contributed by atoms with Gasteiger partial charge in [-0.25, -0.2) is 0 Å². The minimum absolute atomic E-state index is 0.00350. The highest BCUT2D eigenvalue weighted by atomic mass is 79.9. The molecule has 1 aromatic heterocycles. The number of halogens is 1. The van der Waals surface area contributed by atoms with Crippen LogP contribution in [-0.2, 0) is 0 Å². The molecule has 0 spiro atoms. The predicted octanol–water partition coefficient (Wildman–Crippen LogP) is 5.01. The number of aryl methyl sites for hydroxylation is 2. The summed E-state index contributed by atoms with van der Waals surface area (Å²) in [4.78, 5) is 13.0. The maximum atomic E-state index is 12.3. The van der Waals surface area contributed by atoms with Crippen molar-refractivity contribution >= 4 is 33.2 Å². The van der Waals surface area contributed by atoms with E-state index in [0.717, 1.165) is 26.2 Å². The van der Waals surface area contributed by atoms with Crippen molar-refractivity contribution in [3.8, 4) is 0 Å². The van der Waals surface area contributed by atoms with E-state index in [4.69, 9.17) is 0 Å². The lowest BCUT2D eigenvalue weighted by molar-refractivity contribution is 0.0939. The molecule has 0 radical (unpaired) electrons. The smallest absolute Gasteiger partial charge is 0.261 e. The SMILES string of the molecule is CCC(NC(=O)c1cc(C)c(Br)s1)c1ccc(C)cc1. The Labute approximate surface area is 132 Å². The fourth-order valence-electron chi connectivity index (χ4n) is 2.02. The fraction of sp³-hybridized carbons (Fsp3) is 0.312. The third kappa shape index (κ3) is 3.49. The van der Waals surface area contributed by atoms with Crippen LogP contribution in [0, 0.1) is 13.8 Å². The molecular weight excluding hydrogens is 334 g/mol. The van der Waals surface area contributed by atoms with E-state index in [2.05, 4.69) is 59.4 Å². The molecule has 0 aliphatic rings. The standard InChI is InChI=1S/C16H18BrNOS/c1-4-13(12-7-5-10(2)6-8-12)18-16(19)14-9-11(3)15(17)20-14/h5-9,13H,4H2,1-3H3,(H,18,19). The average Bonchev–Trinajstić information content (AvgIpc) is 2.77. The normalized spacial score (nSPS) is 12.2. The first-order valence-electron chi connectivity index (χ1n) is 6.64. The van der Waals surface area contributed by atoms with Crippen molar-refractivity contribution in [2.45, 2.75) is 33.2 Å². The molecular formula is C16H18BrNOS. The van der Waals surface area contributed by atoms with Crippen LogP contribution in [0.4, 0.5) is 0 Å². The van der Waals surface area contributed by atoms with Crippen LogP contribution in [0.2, 0.25) is 0 Å². The third-order valence-electron chi connectivity index (χ3n) is 3.27. The van der Waals surface area contributed by atoms with Crippen molar-refractivity contribution in [2.24, 2.45) is 0 Å². The number of carbonyl (C=O) groups is 1. The number of thiophene rings is 1. The lowest BCUT2D eigenvalue weighted by Crippen LogP contribution is -2.27. The van der Waals surface area contributed by atoms with E-state index in [-0.39, 0.29) is 11.9 Å². The maximum absolute atomic E-state index is 12.3. The van der Waals surface area contributed by atoms with Crippen molar-refractivity contribution in [1.82, 2.24) is 5.32 Å². The molecule has 2 rings (SSSR count). The van der Waals surface area contributed by atoms with Gasteiger partial charge in [-0.3, -0.25) is 4.79 Å². The second kappa shape index (κ2) is 6.55. The van der Waals surface area contributed by atoms with Gasteiger partial charge in [-0.2, -0.15) is 0 Å². The Morgan fingerprint density at radius 2 is 1.95 bits per heavy atom. The van der Waals surface area contributed by atoms with Crippen LogP contribution in [0.25, 0.3) is 0 Å². The van der Waals surface area contributed by atoms with E-state index in [1.165, 1.54) is 16.9 Å². The minimum atomic E-state index is -0.00350. The van der Waals surface area contributed by atoms with Gasteiger partial charge in [0.25, 0.3) is 5.91 Å². The zero-order valence-corrected chi connectivity index (χ0v) is 14.3. The van der Waals surface area contributed by atoms with Crippen LogP contribution in [0.15, 0.2) is 34.1 Å². The van der Waals surface area contributed by atoms with E-state index in [0.29, 0.717) is 0 Å². The van der Waals surface area contributed by atoms with Crippen LogP contribution in [0.3, 0.4) is 0 Å². The second-order valence-electron chi connectivity index (χ2n) is 4.91. The highest BCUT2D eigenvalue weighted by Gasteiger charge is 2.16. The number of hydrogen-bond acceptors (Lipinski definition) is 2. The summed E-state index contributed by atoms with van der Waals surface area (Å²) < 4.78 is 1.02. The summed E-state index contributed by atoms with van der Waals surface area (Å²) in [6.45, 7) is 6.14. The Balaban J connectivity index is 2.13. The Hall–Kier alpha value is -1.13. The molecule has 0 fully saturated rings. The molecule has 1 aromatic carbocycles. The number of nitrogens with one attached hydrogen (secondary N) is 1. The number of carbonyl (C=O) groups excluding carboxylic acids is 1. The number of rotatable bonds is 4. The van der Waals surface area contributed by atoms with Gasteiger partial charge < -0.3 is 5.32 Å². The van der Waals surface area contributed by atoms with Crippen LogP contribution in [0.1, 0.15) is 45.7 Å². The highest BCUT2D eigenvalue weighted by Crippen LogP contribution is 2.28. The molecule has 0 aliphatic heterocycles. The number of amides is 1. The molecule has 2 aromatic rings. The lowest BCUT2D eigenvalue weighted by Gasteiger charge is -2.17. The molecule has 0 bridgehead atoms. The van der Waals surface area contributed by atoms with E-state index >= 15 is 0 Å². The zero-order chi connectivity index (χ0) is 14.7. The Morgan fingerprint density at radius 1 is 1.30 bits per heavy atom. The Bertz CT molecular complexity index is 584. The summed E-state index contributed by atoms with van der Waals surface area (Å²) in [7, 11) is 0. The second-order valence-corrected chi connectivity index (χ2v) is 7.28. The quantitative estimate of drug-likeness (QED) is 0.824. The van der Waals surface area contributed by atoms with Gasteiger partial charge in [0.15, 0.2) is 0 Å². The third-order valence-corrected chi connectivity index (χ3v) is 5.41. The lowest BCUT2D eigenvalue weighted by atomic mass is 10.0. The van der Waals surface area contributed by atoms with Crippen molar-refractivity contribution in [1.29, 1.82) is 0 Å². The van der Waals surface area contributed by atoms with Crippen molar-refractivity contribution in [3.63, 3.8) is 0 Å². The molecule has 1 N–H and O–H groups in total. The molecule has 1 heterocycles. The molecule has 0 saturated carbocycles. The van der Waals surface area contributed by atoms with E-state index in [1.807, 2.05) is 13.0 Å². The summed E-state index contributed by atoms with van der Waals surface area (Å²) in [5.74, 6) is -0.00350. The summed E-state index contributed by atoms with van der Waals surface area (Å²) in [6.07, 6.45) is 0.875. The van der Waals surface area contributed by atoms with Crippen molar-refractivity contribution < 1.29 is 4.79 Å². The highest BCUT2D eigenvalue weighted by molar-refractivity contribution is 9.11. The summed E-state index contributed by atoms with van der Waals surface area (Å²) >= 11 is 4.94. The number of hydrogen-bond donors (Lipinski definition) is 1. The van der Waals surface area contributed by atoms with Crippen LogP contribution < -0.4 is 5.32 Å². The topological polar surface area (TPSA) is 29.1 Å². The molecule has 20 heavy (non-hydrogen) atoms. The monoisotopic (exact) mass is 351 g/mol. The van der Waals surface area contributed by atoms with Crippen molar-refractivity contribution in [3.05, 3.63) is 55.7 Å². The van der Waals surface area contributed by atoms with E-state index in [9.17, 15) is 4.79 Å². The molecule has 1 atom stereocenters. The van der Waals surface area contributed by atoms with E-state index in [1.54, 1.807) is 0 Å². The fourth-order valence-corrected chi connectivity index (χ4v) is 3.46. The first-order chi connectivity index (χ1) is 9.51. The minimum Gasteiger partial charge on any atom is -0.345 e. The first-order valence-corrected chi connectivity index (χ1v) is 8.25. The van der Waals surface area contributed by atoms with Gasteiger partial charge in [-0.15, -0.1) is 11.3 Å². The maximum Gasteiger partial charge on any atom is 0.261 e. The first kappa shape index (κ1) is 15.3. The van der Waals surface area contributed by atoms with Gasteiger partial charge in [-0.1, -0.05) is 36.8 Å². The zero-order valence-electron chi connectivity index (χ0n) is 11.9. The number of benzene rings is 1. The van der Waals surface area contributed by atoms with Crippen molar-refractivity contribution in [2.75, 3.05) is 0 Å². The summed E-state index contributed by atoms with van der Waals surface area (Å²) in [5.41, 5.74) is 3.48.